The van der Waals surface area contributed by atoms with Crippen molar-refractivity contribution < 1.29 is 19.1 Å². The van der Waals surface area contributed by atoms with Gasteiger partial charge in [0.25, 0.3) is 0 Å². The fraction of sp³-hybridized carbons (Fsp3) is 0.647. The summed E-state index contributed by atoms with van der Waals surface area (Å²) in [4.78, 5) is 24.6. The summed E-state index contributed by atoms with van der Waals surface area (Å²) in [7, 11) is 0. The molecule has 1 rings (SSSR count). The first-order valence-corrected chi connectivity index (χ1v) is 7.70. The van der Waals surface area contributed by atoms with E-state index in [1.165, 1.54) is 0 Å². The van der Waals surface area contributed by atoms with E-state index in [4.69, 9.17) is 9.47 Å². The molecule has 0 atom stereocenters. The van der Waals surface area contributed by atoms with Gasteiger partial charge in [0.15, 0.2) is 0 Å². The predicted octanol–water partition coefficient (Wildman–Crippen LogP) is 3.45. The first-order valence-electron chi connectivity index (χ1n) is 7.70. The molecule has 1 saturated heterocycles. The Bertz CT molecular complexity index is 452. The van der Waals surface area contributed by atoms with Crippen LogP contribution in [0.4, 0.5) is 4.79 Å². The maximum Gasteiger partial charge on any atom is 0.410 e. The molecule has 1 fully saturated rings. The highest BCUT2D eigenvalue weighted by molar-refractivity contribution is 5.73. The largest absolute Gasteiger partial charge is 0.490 e. The molecular formula is C17H27NO4. The summed E-state index contributed by atoms with van der Waals surface area (Å²) in [5.74, 6) is 0.605. The lowest BCUT2D eigenvalue weighted by Crippen LogP contribution is -2.43. The topological polar surface area (TPSA) is 55.8 Å². The number of nitrogens with zero attached hydrogens (tertiary/aromatic N) is 1. The van der Waals surface area contributed by atoms with E-state index in [2.05, 4.69) is 0 Å². The Kier molecular flexibility index (Phi) is 6.65. The van der Waals surface area contributed by atoms with Gasteiger partial charge in [-0.15, -0.1) is 0 Å². The maximum atomic E-state index is 12.0. The highest BCUT2D eigenvalue weighted by atomic mass is 16.6. The molecule has 0 radical (unpaired) electrons. The van der Waals surface area contributed by atoms with Gasteiger partial charge >= 0.3 is 6.09 Å². The Morgan fingerprint density at radius 3 is 2.27 bits per heavy atom. The molecule has 0 bridgehead atoms. The van der Waals surface area contributed by atoms with Gasteiger partial charge in [0.1, 0.15) is 23.8 Å². The fourth-order valence-corrected chi connectivity index (χ4v) is 2.14. The lowest BCUT2D eigenvalue weighted by atomic mass is 10.1. The molecule has 0 aromatic heterocycles. The Hall–Kier alpha value is -1.78. The minimum atomic E-state index is -0.479. The van der Waals surface area contributed by atoms with Crippen LogP contribution in [-0.4, -0.2) is 42.1 Å². The van der Waals surface area contributed by atoms with Crippen LogP contribution in [0.15, 0.2) is 23.5 Å². The average Bonchev–Trinajstić information content (AvgIpc) is 2.45. The highest BCUT2D eigenvalue weighted by Gasteiger charge is 2.27. The molecule has 1 aliphatic heterocycles. The number of likely N-dealkylation sites (tertiary alicyclic amines) is 1. The van der Waals surface area contributed by atoms with Gasteiger partial charge in [-0.05, 0) is 40.7 Å². The van der Waals surface area contributed by atoms with Crippen LogP contribution < -0.4 is 0 Å². The Balaban J connectivity index is 2.55. The maximum absolute atomic E-state index is 12.0. The molecule has 5 nitrogen and oxygen atoms in total. The van der Waals surface area contributed by atoms with Crippen molar-refractivity contribution in [3.63, 3.8) is 0 Å². The highest BCUT2D eigenvalue weighted by Crippen LogP contribution is 2.20. The number of piperidine rings is 1. The number of hydrogen-bond donors (Lipinski definition) is 0. The molecule has 5 heteroatoms. The second kappa shape index (κ2) is 8.01. The van der Waals surface area contributed by atoms with E-state index in [1.807, 2.05) is 33.8 Å². The number of allylic oxidation sites excluding steroid dienone is 3. The summed E-state index contributed by atoms with van der Waals surface area (Å²) in [6, 6.07) is 0. The van der Waals surface area contributed by atoms with Gasteiger partial charge < -0.3 is 14.4 Å². The van der Waals surface area contributed by atoms with Gasteiger partial charge in [0.05, 0.1) is 0 Å². The zero-order valence-corrected chi connectivity index (χ0v) is 14.2. The second-order valence-electron chi connectivity index (χ2n) is 6.45. The van der Waals surface area contributed by atoms with E-state index >= 15 is 0 Å². The van der Waals surface area contributed by atoms with Crippen molar-refractivity contribution >= 4 is 12.4 Å². The lowest BCUT2D eigenvalue weighted by molar-refractivity contribution is -0.105. The molecule has 0 aromatic rings. The molecule has 0 spiro atoms. The number of carbonyl (C=O) groups excluding carboxylic acids is 2. The van der Waals surface area contributed by atoms with Gasteiger partial charge in [-0.1, -0.05) is 6.08 Å². The quantitative estimate of drug-likeness (QED) is 0.345. The number of amides is 1. The first kappa shape index (κ1) is 18.3. The van der Waals surface area contributed by atoms with Crippen LogP contribution in [0.2, 0.25) is 0 Å². The summed E-state index contributed by atoms with van der Waals surface area (Å²) >= 11 is 0. The summed E-state index contributed by atoms with van der Waals surface area (Å²) in [5, 5.41) is 0. The SMILES string of the molecule is CC=CC(OC1CCN(C(=O)OC(C)(C)C)CC1)=C(C)C=O. The summed E-state index contributed by atoms with van der Waals surface area (Å²) in [6.07, 6.45) is 5.63. The molecule has 1 heterocycles. The standard InChI is InChI=1S/C17H27NO4/c1-6-7-15(13(2)12-19)21-14-8-10-18(11-9-14)16(20)22-17(3,4)5/h6-7,12,14H,8-11H2,1-5H3. The van der Waals surface area contributed by atoms with Crippen LogP contribution in [0, 0.1) is 0 Å². The summed E-state index contributed by atoms with van der Waals surface area (Å²) in [5.41, 5.74) is 0.0977. The average molecular weight is 309 g/mol. The zero-order chi connectivity index (χ0) is 16.8. The third-order valence-corrected chi connectivity index (χ3v) is 3.27. The predicted molar refractivity (Wildman–Crippen MR) is 85.5 cm³/mol. The van der Waals surface area contributed by atoms with Crippen LogP contribution in [0.25, 0.3) is 0 Å². The van der Waals surface area contributed by atoms with E-state index in [9.17, 15) is 9.59 Å². The monoisotopic (exact) mass is 309 g/mol. The van der Waals surface area contributed by atoms with Gasteiger partial charge in [-0.3, -0.25) is 4.79 Å². The van der Waals surface area contributed by atoms with E-state index in [1.54, 1.807) is 17.9 Å². The van der Waals surface area contributed by atoms with E-state index in [-0.39, 0.29) is 12.2 Å². The van der Waals surface area contributed by atoms with Crippen molar-refractivity contribution in [1.29, 1.82) is 0 Å². The normalized spacial score (nSPS) is 18.1. The zero-order valence-electron chi connectivity index (χ0n) is 14.2. The van der Waals surface area contributed by atoms with Crippen LogP contribution in [0.5, 0.6) is 0 Å². The number of aldehydes is 1. The van der Waals surface area contributed by atoms with Crippen molar-refractivity contribution in [1.82, 2.24) is 4.90 Å². The molecule has 0 unspecified atom stereocenters. The third-order valence-electron chi connectivity index (χ3n) is 3.27. The number of carbonyl (C=O) groups is 2. The van der Waals surface area contributed by atoms with Gasteiger partial charge in [-0.25, -0.2) is 4.79 Å². The fourth-order valence-electron chi connectivity index (χ4n) is 2.14. The van der Waals surface area contributed by atoms with Crippen molar-refractivity contribution in [3.05, 3.63) is 23.5 Å². The number of ether oxygens (including phenoxy) is 2. The van der Waals surface area contributed by atoms with Crippen molar-refractivity contribution in [2.24, 2.45) is 0 Å². The molecule has 0 saturated carbocycles. The molecule has 0 aromatic carbocycles. The van der Waals surface area contributed by atoms with Crippen LogP contribution >= 0.6 is 0 Å². The molecule has 0 N–H and O–H groups in total. The molecule has 22 heavy (non-hydrogen) atoms. The minimum Gasteiger partial charge on any atom is -0.490 e. The van der Waals surface area contributed by atoms with Gasteiger partial charge in [0, 0.05) is 31.5 Å². The van der Waals surface area contributed by atoms with Crippen molar-refractivity contribution in [2.75, 3.05) is 13.1 Å². The first-order chi connectivity index (χ1) is 10.3. The van der Waals surface area contributed by atoms with Crippen molar-refractivity contribution in [3.8, 4) is 0 Å². The molecule has 0 aliphatic carbocycles. The minimum absolute atomic E-state index is 0.0137. The Labute approximate surface area is 133 Å². The second-order valence-corrected chi connectivity index (χ2v) is 6.45. The molecule has 124 valence electrons. The Morgan fingerprint density at radius 1 is 1.23 bits per heavy atom. The summed E-state index contributed by atoms with van der Waals surface area (Å²) < 4.78 is 11.3. The smallest absolute Gasteiger partial charge is 0.410 e. The van der Waals surface area contributed by atoms with E-state index in [0.717, 1.165) is 19.1 Å². The molecule has 1 aliphatic rings. The van der Waals surface area contributed by atoms with Gasteiger partial charge in [0.2, 0.25) is 0 Å². The molecular weight excluding hydrogens is 282 g/mol. The lowest BCUT2D eigenvalue weighted by Gasteiger charge is -2.33. The van der Waals surface area contributed by atoms with Crippen LogP contribution in [0.3, 0.4) is 0 Å². The van der Waals surface area contributed by atoms with Gasteiger partial charge in [-0.2, -0.15) is 0 Å². The summed E-state index contributed by atoms with van der Waals surface area (Å²) in [6.45, 7) is 10.4. The number of rotatable bonds is 4. The van der Waals surface area contributed by atoms with Crippen LogP contribution in [0.1, 0.15) is 47.5 Å². The molecule has 1 amide bonds. The third kappa shape index (κ3) is 5.92. The number of hydrogen-bond acceptors (Lipinski definition) is 4. The van der Waals surface area contributed by atoms with Crippen LogP contribution in [-0.2, 0) is 14.3 Å². The van der Waals surface area contributed by atoms with E-state index in [0.29, 0.717) is 24.4 Å². The Morgan fingerprint density at radius 2 is 1.82 bits per heavy atom. The van der Waals surface area contributed by atoms with E-state index < -0.39 is 5.60 Å². The van der Waals surface area contributed by atoms with Crippen molar-refractivity contribution in [2.45, 2.75) is 59.2 Å².